The van der Waals surface area contributed by atoms with Crippen LogP contribution in [-0.2, 0) is 21.8 Å². The summed E-state index contributed by atoms with van der Waals surface area (Å²) < 4.78 is 6.77. The van der Waals surface area contributed by atoms with Gasteiger partial charge >= 0.3 is 0 Å². The zero-order chi connectivity index (χ0) is 21.8. The zero-order valence-corrected chi connectivity index (χ0v) is 21.2. The first-order valence-corrected chi connectivity index (χ1v) is 13.5. The fourth-order valence-corrected chi connectivity index (χ4v) is 6.78. The van der Waals surface area contributed by atoms with E-state index in [1.54, 1.807) is 0 Å². The van der Waals surface area contributed by atoms with Crippen molar-refractivity contribution in [2.75, 3.05) is 0 Å². The standard InChI is InChI=1S/C28H29BrOSi/c1-28(2,3)23-16-17-26-21(18-23)14-15-22(19-29)27(26)20-30-31(24-10-6-4-7-11-24)25-12-8-5-9-13-25/h4-18,31H,19-20H2,1-3H3. The second kappa shape index (κ2) is 9.52. The molecule has 0 amide bonds. The van der Waals surface area contributed by atoms with Gasteiger partial charge in [-0.05, 0) is 43.3 Å². The Bertz CT molecular complexity index is 1110. The molecule has 0 spiro atoms. The minimum atomic E-state index is -1.78. The van der Waals surface area contributed by atoms with Gasteiger partial charge in [-0.3, -0.25) is 0 Å². The maximum Gasteiger partial charge on any atom is 0.240 e. The lowest BCUT2D eigenvalue weighted by Crippen LogP contribution is -2.44. The second-order valence-electron chi connectivity index (χ2n) is 9.04. The van der Waals surface area contributed by atoms with Gasteiger partial charge in [-0.2, -0.15) is 0 Å². The molecule has 0 aliphatic rings. The van der Waals surface area contributed by atoms with Gasteiger partial charge in [-0.15, -0.1) is 0 Å². The molecular weight excluding hydrogens is 460 g/mol. The van der Waals surface area contributed by atoms with Crippen molar-refractivity contribution in [2.24, 2.45) is 0 Å². The lowest BCUT2D eigenvalue weighted by molar-refractivity contribution is 0.322. The van der Waals surface area contributed by atoms with Crippen LogP contribution in [0.4, 0.5) is 0 Å². The minimum absolute atomic E-state index is 0.136. The average molecular weight is 490 g/mol. The maximum atomic E-state index is 6.77. The predicted octanol–water partition coefficient (Wildman–Crippen LogP) is 6.09. The molecule has 3 heteroatoms. The van der Waals surface area contributed by atoms with E-state index < -0.39 is 9.04 Å². The van der Waals surface area contributed by atoms with E-state index in [4.69, 9.17) is 4.43 Å². The van der Waals surface area contributed by atoms with Crippen LogP contribution in [0.5, 0.6) is 0 Å². The van der Waals surface area contributed by atoms with E-state index in [1.165, 1.54) is 37.8 Å². The Hall–Kier alpha value is -2.20. The Morgan fingerprint density at radius 1 is 0.774 bits per heavy atom. The van der Waals surface area contributed by atoms with Crippen molar-refractivity contribution in [1.29, 1.82) is 0 Å². The monoisotopic (exact) mass is 488 g/mol. The first kappa shape index (κ1) is 22.0. The van der Waals surface area contributed by atoms with Crippen molar-refractivity contribution >= 4 is 46.1 Å². The van der Waals surface area contributed by atoms with Crippen LogP contribution in [0.1, 0.15) is 37.5 Å². The van der Waals surface area contributed by atoms with E-state index in [0.717, 1.165) is 5.33 Å². The quantitative estimate of drug-likeness (QED) is 0.235. The molecule has 1 nitrogen and oxygen atoms in total. The molecule has 0 aromatic heterocycles. The molecule has 0 unspecified atom stereocenters. The second-order valence-corrected chi connectivity index (χ2v) is 12.0. The van der Waals surface area contributed by atoms with E-state index in [0.29, 0.717) is 6.61 Å². The first-order valence-electron chi connectivity index (χ1n) is 10.8. The van der Waals surface area contributed by atoms with Crippen LogP contribution in [-0.4, -0.2) is 9.04 Å². The zero-order valence-electron chi connectivity index (χ0n) is 18.4. The van der Waals surface area contributed by atoms with Crippen LogP contribution in [0, 0.1) is 0 Å². The highest BCUT2D eigenvalue weighted by molar-refractivity contribution is 9.08. The SMILES string of the molecule is CC(C)(C)c1ccc2c(CO[SiH](c3ccccc3)c3ccccc3)c(CBr)ccc2c1. The van der Waals surface area contributed by atoms with Gasteiger partial charge in [0.05, 0.1) is 6.61 Å². The van der Waals surface area contributed by atoms with Gasteiger partial charge in [0.25, 0.3) is 0 Å². The van der Waals surface area contributed by atoms with Crippen molar-refractivity contribution in [3.8, 4) is 0 Å². The molecule has 0 aliphatic heterocycles. The molecule has 4 aromatic carbocycles. The van der Waals surface area contributed by atoms with Gasteiger partial charge < -0.3 is 4.43 Å². The number of benzene rings is 4. The van der Waals surface area contributed by atoms with Crippen molar-refractivity contribution in [1.82, 2.24) is 0 Å². The summed E-state index contributed by atoms with van der Waals surface area (Å²) in [7, 11) is -1.78. The molecule has 0 heterocycles. The van der Waals surface area contributed by atoms with Crippen LogP contribution in [0.25, 0.3) is 10.8 Å². The van der Waals surface area contributed by atoms with E-state index in [1.807, 2.05) is 0 Å². The molecule has 0 N–H and O–H groups in total. The lowest BCUT2D eigenvalue weighted by atomic mass is 9.85. The maximum absolute atomic E-state index is 6.77. The molecule has 158 valence electrons. The van der Waals surface area contributed by atoms with Gasteiger partial charge in [-0.25, -0.2) is 0 Å². The van der Waals surface area contributed by atoms with E-state index in [-0.39, 0.29) is 5.41 Å². The number of rotatable bonds is 6. The van der Waals surface area contributed by atoms with Crippen molar-refractivity contribution < 1.29 is 4.43 Å². The first-order chi connectivity index (χ1) is 15.0. The molecule has 4 rings (SSSR count). The van der Waals surface area contributed by atoms with Crippen molar-refractivity contribution in [3.63, 3.8) is 0 Å². The molecule has 0 atom stereocenters. The van der Waals surface area contributed by atoms with Crippen LogP contribution in [0.3, 0.4) is 0 Å². The molecule has 0 bridgehead atoms. The Morgan fingerprint density at radius 2 is 1.39 bits per heavy atom. The van der Waals surface area contributed by atoms with E-state index in [9.17, 15) is 0 Å². The number of hydrogen-bond acceptors (Lipinski definition) is 1. The highest BCUT2D eigenvalue weighted by atomic mass is 79.9. The molecule has 0 saturated carbocycles. The van der Waals surface area contributed by atoms with Crippen LogP contribution in [0.2, 0.25) is 0 Å². The highest BCUT2D eigenvalue weighted by Gasteiger charge is 2.20. The van der Waals surface area contributed by atoms with Gasteiger partial charge in [0, 0.05) is 5.33 Å². The van der Waals surface area contributed by atoms with Gasteiger partial charge in [0.2, 0.25) is 9.04 Å². The van der Waals surface area contributed by atoms with Crippen LogP contribution < -0.4 is 10.4 Å². The van der Waals surface area contributed by atoms with Gasteiger partial charge in [-0.1, -0.05) is 128 Å². The molecule has 0 radical (unpaired) electrons. The largest absolute Gasteiger partial charge is 0.407 e. The molecule has 0 fully saturated rings. The lowest BCUT2D eigenvalue weighted by Gasteiger charge is -2.22. The smallest absolute Gasteiger partial charge is 0.240 e. The summed E-state index contributed by atoms with van der Waals surface area (Å²) in [6.07, 6.45) is 0. The summed E-state index contributed by atoms with van der Waals surface area (Å²) in [6, 6.07) is 32.8. The van der Waals surface area contributed by atoms with E-state index >= 15 is 0 Å². The average Bonchev–Trinajstić information content (AvgIpc) is 2.79. The van der Waals surface area contributed by atoms with Crippen molar-refractivity contribution in [3.05, 3.63) is 108 Å². The Balaban J connectivity index is 1.72. The van der Waals surface area contributed by atoms with Crippen molar-refractivity contribution in [2.45, 2.75) is 38.1 Å². The number of hydrogen-bond donors (Lipinski definition) is 0. The normalized spacial score (nSPS) is 11.9. The third kappa shape index (κ3) is 5.00. The Labute approximate surface area is 195 Å². The van der Waals surface area contributed by atoms with Gasteiger partial charge in [0.15, 0.2) is 0 Å². The van der Waals surface area contributed by atoms with Gasteiger partial charge in [0.1, 0.15) is 0 Å². The molecular formula is C28H29BrOSi. The molecule has 4 aromatic rings. The summed E-state index contributed by atoms with van der Waals surface area (Å²) in [5, 5.41) is 6.02. The Kier molecular flexibility index (Phi) is 6.76. The topological polar surface area (TPSA) is 9.23 Å². The highest BCUT2D eigenvalue weighted by Crippen LogP contribution is 2.30. The predicted molar refractivity (Wildman–Crippen MR) is 139 cm³/mol. The number of alkyl halides is 1. The number of halogens is 1. The molecule has 31 heavy (non-hydrogen) atoms. The summed E-state index contributed by atoms with van der Waals surface area (Å²) in [5.74, 6) is 0. The fourth-order valence-electron chi connectivity index (χ4n) is 4.01. The fraction of sp³-hybridized carbons (Fsp3) is 0.214. The van der Waals surface area contributed by atoms with Crippen LogP contribution in [0.15, 0.2) is 91.0 Å². The third-order valence-electron chi connectivity index (χ3n) is 5.84. The molecule has 0 aliphatic carbocycles. The number of fused-ring (bicyclic) bond motifs is 1. The van der Waals surface area contributed by atoms with E-state index in [2.05, 4.69) is 128 Å². The summed E-state index contributed by atoms with van der Waals surface area (Å²) >= 11 is 3.69. The summed E-state index contributed by atoms with van der Waals surface area (Å²) in [6.45, 7) is 7.41. The van der Waals surface area contributed by atoms with Crippen LogP contribution >= 0.6 is 15.9 Å². The third-order valence-corrected chi connectivity index (χ3v) is 8.92. The minimum Gasteiger partial charge on any atom is -0.407 e. The summed E-state index contributed by atoms with van der Waals surface area (Å²) in [5.41, 5.74) is 4.08. The Morgan fingerprint density at radius 3 is 1.94 bits per heavy atom. The summed E-state index contributed by atoms with van der Waals surface area (Å²) in [4.78, 5) is 0. The molecule has 0 saturated heterocycles.